The van der Waals surface area contributed by atoms with Crippen molar-refractivity contribution >= 4 is 10.0 Å². The van der Waals surface area contributed by atoms with Crippen LogP contribution in [0.25, 0.3) is 0 Å². The SMILES string of the molecule is Cc1cccc(CNS(=O)(=O)c2cc(CN)ccc2F)c1. The molecule has 2 rings (SSSR count). The van der Waals surface area contributed by atoms with Crippen LogP contribution in [0.5, 0.6) is 0 Å². The van der Waals surface area contributed by atoms with Crippen LogP contribution in [0.4, 0.5) is 4.39 Å². The second-order valence-electron chi connectivity index (χ2n) is 4.78. The molecular formula is C15H17FN2O2S. The van der Waals surface area contributed by atoms with Crippen LogP contribution < -0.4 is 10.5 Å². The average Bonchev–Trinajstić information content (AvgIpc) is 2.46. The van der Waals surface area contributed by atoms with Crippen LogP contribution in [-0.2, 0) is 23.1 Å². The van der Waals surface area contributed by atoms with Crippen molar-refractivity contribution in [1.29, 1.82) is 0 Å². The third kappa shape index (κ3) is 3.87. The summed E-state index contributed by atoms with van der Waals surface area (Å²) in [7, 11) is -3.92. The van der Waals surface area contributed by atoms with Crippen molar-refractivity contribution in [3.8, 4) is 0 Å². The summed E-state index contributed by atoms with van der Waals surface area (Å²) < 4.78 is 40.5. The summed E-state index contributed by atoms with van der Waals surface area (Å²) in [6.07, 6.45) is 0. The predicted octanol–water partition coefficient (Wildman–Crippen LogP) is 2.07. The fourth-order valence-electron chi connectivity index (χ4n) is 1.96. The van der Waals surface area contributed by atoms with Gasteiger partial charge in [0.2, 0.25) is 10.0 Å². The van der Waals surface area contributed by atoms with E-state index in [4.69, 9.17) is 5.73 Å². The molecule has 0 aromatic heterocycles. The van der Waals surface area contributed by atoms with E-state index in [1.807, 2.05) is 31.2 Å². The van der Waals surface area contributed by atoms with Crippen molar-refractivity contribution in [2.45, 2.75) is 24.9 Å². The van der Waals surface area contributed by atoms with E-state index in [9.17, 15) is 12.8 Å². The summed E-state index contributed by atoms with van der Waals surface area (Å²) in [4.78, 5) is -0.377. The van der Waals surface area contributed by atoms with Gasteiger partial charge in [-0.15, -0.1) is 0 Å². The first-order valence-electron chi connectivity index (χ1n) is 6.46. The molecule has 0 unspecified atom stereocenters. The van der Waals surface area contributed by atoms with Crippen molar-refractivity contribution in [2.75, 3.05) is 0 Å². The Hall–Kier alpha value is -1.76. The molecule has 0 heterocycles. The molecule has 0 aliphatic rings. The Morgan fingerprint density at radius 1 is 1.14 bits per heavy atom. The molecule has 6 heteroatoms. The van der Waals surface area contributed by atoms with E-state index in [1.165, 1.54) is 12.1 Å². The van der Waals surface area contributed by atoms with Gasteiger partial charge >= 0.3 is 0 Å². The molecule has 0 fully saturated rings. The number of sulfonamides is 1. The van der Waals surface area contributed by atoms with Crippen LogP contribution in [0.1, 0.15) is 16.7 Å². The lowest BCUT2D eigenvalue weighted by Crippen LogP contribution is -2.24. The maximum atomic E-state index is 13.7. The van der Waals surface area contributed by atoms with Crippen molar-refractivity contribution < 1.29 is 12.8 Å². The molecule has 3 N–H and O–H groups in total. The number of aryl methyl sites for hydroxylation is 1. The number of nitrogens with one attached hydrogen (secondary N) is 1. The monoisotopic (exact) mass is 308 g/mol. The lowest BCUT2D eigenvalue weighted by Gasteiger charge is -2.09. The Morgan fingerprint density at radius 3 is 2.57 bits per heavy atom. The number of hydrogen-bond acceptors (Lipinski definition) is 3. The Kier molecular flexibility index (Phi) is 4.72. The summed E-state index contributed by atoms with van der Waals surface area (Å²) in [6.45, 7) is 2.18. The third-order valence-corrected chi connectivity index (χ3v) is 4.49. The zero-order chi connectivity index (χ0) is 15.5. The van der Waals surface area contributed by atoms with E-state index >= 15 is 0 Å². The highest BCUT2D eigenvalue weighted by Gasteiger charge is 2.19. The highest BCUT2D eigenvalue weighted by molar-refractivity contribution is 7.89. The first kappa shape index (κ1) is 15.6. The average molecular weight is 308 g/mol. The molecule has 0 aliphatic carbocycles. The molecule has 0 bridgehead atoms. The van der Waals surface area contributed by atoms with Crippen LogP contribution >= 0.6 is 0 Å². The number of hydrogen-bond donors (Lipinski definition) is 2. The summed E-state index contributed by atoms with van der Waals surface area (Å²) in [5.41, 5.74) is 7.86. The molecule has 21 heavy (non-hydrogen) atoms. The second kappa shape index (κ2) is 6.34. The van der Waals surface area contributed by atoms with E-state index in [0.717, 1.165) is 17.2 Å². The van der Waals surface area contributed by atoms with Gasteiger partial charge in [-0.3, -0.25) is 0 Å². The molecule has 0 amide bonds. The Labute approximate surface area is 123 Å². The van der Waals surface area contributed by atoms with Crippen molar-refractivity contribution in [3.05, 3.63) is 65.0 Å². The summed E-state index contributed by atoms with van der Waals surface area (Å²) >= 11 is 0. The van der Waals surface area contributed by atoms with E-state index in [-0.39, 0.29) is 18.0 Å². The second-order valence-corrected chi connectivity index (χ2v) is 6.52. The van der Waals surface area contributed by atoms with Gasteiger partial charge in [0.1, 0.15) is 10.7 Å². The van der Waals surface area contributed by atoms with Gasteiger partial charge in [0, 0.05) is 13.1 Å². The zero-order valence-electron chi connectivity index (χ0n) is 11.6. The highest BCUT2D eigenvalue weighted by Crippen LogP contribution is 2.17. The molecule has 0 aliphatic heterocycles. The maximum Gasteiger partial charge on any atom is 0.243 e. The van der Waals surface area contributed by atoms with E-state index < -0.39 is 15.8 Å². The molecular weight excluding hydrogens is 291 g/mol. The summed E-state index contributed by atoms with van der Waals surface area (Å²) in [5, 5.41) is 0. The van der Waals surface area contributed by atoms with Crippen LogP contribution in [0.2, 0.25) is 0 Å². The van der Waals surface area contributed by atoms with E-state index in [0.29, 0.717) is 5.56 Å². The van der Waals surface area contributed by atoms with E-state index in [2.05, 4.69) is 4.72 Å². The van der Waals surface area contributed by atoms with Crippen molar-refractivity contribution in [1.82, 2.24) is 4.72 Å². The fourth-order valence-corrected chi connectivity index (χ4v) is 3.10. The number of rotatable bonds is 5. The first-order valence-corrected chi connectivity index (χ1v) is 7.94. The molecule has 0 saturated carbocycles. The fraction of sp³-hybridized carbons (Fsp3) is 0.200. The molecule has 2 aromatic carbocycles. The van der Waals surface area contributed by atoms with Gasteiger partial charge in [-0.1, -0.05) is 35.9 Å². The predicted molar refractivity (Wildman–Crippen MR) is 79.5 cm³/mol. The van der Waals surface area contributed by atoms with Gasteiger partial charge in [-0.05, 0) is 30.2 Å². The summed E-state index contributed by atoms with van der Waals surface area (Å²) in [6, 6.07) is 11.3. The highest BCUT2D eigenvalue weighted by atomic mass is 32.2. The number of nitrogens with two attached hydrogens (primary N) is 1. The van der Waals surface area contributed by atoms with Crippen molar-refractivity contribution in [3.63, 3.8) is 0 Å². The Bertz CT molecular complexity index is 745. The van der Waals surface area contributed by atoms with Crippen LogP contribution in [0.3, 0.4) is 0 Å². The van der Waals surface area contributed by atoms with Gasteiger partial charge in [0.15, 0.2) is 0 Å². The van der Waals surface area contributed by atoms with Crippen LogP contribution in [0, 0.1) is 12.7 Å². The van der Waals surface area contributed by atoms with Crippen LogP contribution in [0.15, 0.2) is 47.4 Å². The lowest BCUT2D eigenvalue weighted by molar-refractivity contribution is 0.556. The van der Waals surface area contributed by atoms with Crippen molar-refractivity contribution in [2.24, 2.45) is 5.73 Å². The molecule has 0 saturated heterocycles. The number of benzene rings is 2. The van der Waals surface area contributed by atoms with Gasteiger partial charge in [-0.25, -0.2) is 17.5 Å². The molecule has 4 nitrogen and oxygen atoms in total. The summed E-state index contributed by atoms with van der Waals surface area (Å²) in [5.74, 6) is -0.788. The quantitative estimate of drug-likeness (QED) is 0.888. The Balaban J connectivity index is 2.22. The smallest absolute Gasteiger partial charge is 0.243 e. The van der Waals surface area contributed by atoms with Gasteiger partial charge in [0.05, 0.1) is 0 Å². The third-order valence-electron chi connectivity index (χ3n) is 3.07. The minimum absolute atomic E-state index is 0.107. The topological polar surface area (TPSA) is 72.2 Å². The minimum Gasteiger partial charge on any atom is -0.326 e. The van der Waals surface area contributed by atoms with Crippen LogP contribution in [-0.4, -0.2) is 8.42 Å². The molecule has 0 radical (unpaired) electrons. The maximum absolute atomic E-state index is 13.7. The zero-order valence-corrected chi connectivity index (χ0v) is 12.5. The van der Waals surface area contributed by atoms with Gasteiger partial charge in [-0.2, -0.15) is 0 Å². The lowest BCUT2D eigenvalue weighted by atomic mass is 10.1. The normalized spacial score (nSPS) is 11.6. The molecule has 0 spiro atoms. The molecule has 0 atom stereocenters. The van der Waals surface area contributed by atoms with Gasteiger partial charge < -0.3 is 5.73 Å². The van der Waals surface area contributed by atoms with Gasteiger partial charge in [0.25, 0.3) is 0 Å². The first-order chi connectivity index (χ1) is 9.92. The minimum atomic E-state index is -3.92. The Morgan fingerprint density at radius 2 is 1.90 bits per heavy atom. The van der Waals surface area contributed by atoms with E-state index in [1.54, 1.807) is 0 Å². The standard InChI is InChI=1S/C15H17FN2O2S/c1-11-3-2-4-13(7-11)10-18-21(19,20)15-8-12(9-17)5-6-14(15)16/h2-8,18H,9-10,17H2,1H3. The largest absolute Gasteiger partial charge is 0.326 e. The molecule has 112 valence electrons. The molecule has 2 aromatic rings. The number of halogens is 1.